The third-order valence-corrected chi connectivity index (χ3v) is 3.34. The van der Waals surface area contributed by atoms with Crippen molar-refractivity contribution >= 4 is 23.4 Å². The van der Waals surface area contributed by atoms with E-state index < -0.39 is 11.9 Å². The highest BCUT2D eigenvalue weighted by Crippen LogP contribution is 2.03. The van der Waals surface area contributed by atoms with Crippen LogP contribution in [0.1, 0.15) is 25.0 Å². The Hall–Kier alpha value is -3.28. The molecule has 0 spiro atoms. The largest absolute Gasteiger partial charge is 0.445 e. The molecule has 0 N–H and O–H groups in total. The number of hydrogen-bond donors (Lipinski definition) is 0. The summed E-state index contributed by atoms with van der Waals surface area (Å²) in [5, 5.41) is 7.31. The molecular weight excluding hydrogens is 332 g/mol. The molecule has 0 bridgehead atoms. The van der Waals surface area contributed by atoms with Crippen molar-refractivity contribution < 1.29 is 19.3 Å². The van der Waals surface area contributed by atoms with Crippen molar-refractivity contribution in [3.63, 3.8) is 0 Å². The predicted octanol–water partition coefficient (Wildman–Crippen LogP) is 3.31. The highest BCUT2D eigenvalue weighted by atomic mass is 16.7. The minimum absolute atomic E-state index is 0.511. The first-order valence-electron chi connectivity index (χ1n) is 8.11. The maximum Gasteiger partial charge on any atom is 0.445 e. The molecule has 0 unspecified atom stereocenters. The van der Waals surface area contributed by atoms with Gasteiger partial charge in [-0.15, -0.1) is 0 Å². The van der Waals surface area contributed by atoms with Gasteiger partial charge in [0.05, 0.1) is 11.4 Å². The zero-order valence-electron chi connectivity index (χ0n) is 14.7. The van der Waals surface area contributed by atoms with E-state index in [0.29, 0.717) is 24.3 Å². The Morgan fingerprint density at radius 2 is 1.04 bits per heavy atom. The zero-order valence-corrected chi connectivity index (χ0v) is 14.7. The van der Waals surface area contributed by atoms with Crippen LogP contribution in [0.5, 0.6) is 0 Å². The molecule has 2 rings (SSSR count). The molecule has 2 aromatic carbocycles. The van der Waals surface area contributed by atoms with Crippen LogP contribution >= 0.6 is 0 Å². The van der Waals surface area contributed by atoms with Gasteiger partial charge >= 0.3 is 11.9 Å². The highest BCUT2D eigenvalue weighted by Gasteiger charge is 2.18. The Kier molecular flexibility index (Phi) is 7.24. The van der Waals surface area contributed by atoms with Crippen LogP contribution in [0.15, 0.2) is 71.0 Å². The first-order chi connectivity index (χ1) is 12.5. The molecule has 6 nitrogen and oxygen atoms in total. The van der Waals surface area contributed by atoms with Crippen LogP contribution in [0.25, 0.3) is 0 Å². The minimum Gasteiger partial charge on any atom is -0.306 e. The van der Waals surface area contributed by atoms with Gasteiger partial charge in [-0.1, -0.05) is 71.0 Å². The molecule has 0 amide bonds. The Balaban J connectivity index is 1.80. The second-order valence-electron chi connectivity index (χ2n) is 5.74. The van der Waals surface area contributed by atoms with Gasteiger partial charge < -0.3 is 9.68 Å². The van der Waals surface area contributed by atoms with Crippen LogP contribution in [0, 0.1) is 0 Å². The van der Waals surface area contributed by atoms with Gasteiger partial charge in [0.15, 0.2) is 0 Å². The lowest BCUT2D eigenvalue weighted by Gasteiger charge is -2.02. The van der Waals surface area contributed by atoms with E-state index in [1.807, 2.05) is 60.7 Å². The number of carbonyl (C=O) groups excluding carboxylic acids is 2. The first-order valence-corrected chi connectivity index (χ1v) is 8.11. The standard InChI is InChI=1S/C20H20N2O4/c1-15(13-17-9-5-3-6-10-17)21-25-19(23)20(24)26-22-16(2)14-18-11-7-4-8-12-18/h3-12H,13-14H2,1-2H3/b21-15+,22-16+. The Bertz CT molecular complexity index is 730. The highest BCUT2D eigenvalue weighted by molar-refractivity contribution is 6.29. The normalized spacial score (nSPS) is 11.8. The summed E-state index contributed by atoms with van der Waals surface area (Å²) in [5.41, 5.74) is 3.16. The predicted molar refractivity (Wildman–Crippen MR) is 98.7 cm³/mol. The summed E-state index contributed by atoms with van der Waals surface area (Å²) in [7, 11) is 0. The van der Waals surface area contributed by atoms with Gasteiger partial charge in [0.25, 0.3) is 0 Å². The van der Waals surface area contributed by atoms with Gasteiger partial charge in [-0.3, -0.25) is 0 Å². The summed E-state index contributed by atoms with van der Waals surface area (Å²) >= 11 is 0. The van der Waals surface area contributed by atoms with Crippen molar-refractivity contribution in [2.24, 2.45) is 10.3 Å². The molecule has 0 aliphatic carbocycles. The second-order valence-corrected chi connectivity index (χ2v) is 5.74. The Morgan fingerprint density at radius 3 is 1.38 bits per heavy atom. The van der Waals surface area contributed by atoms with E-state index in [0.717, 1.165) is 11.1 Å². The summed E-state index contributed by atoms with van der Waals surface area (Å²) in [6.45, 7) is 3.40. The summed E-state index contributed by atoms with van der Waals surface area (Å²) < 4.78 is 0. The van der Waals surface area contributed by atoms with Crippen molar-refractivity contribution in [2.75, 3.05) is 0 Å². The molecule has 0 radical (unpaired) electrons. The van der Waals surface area contributed by atoms with E-state index in [-0.39, 0.29) is 0 Å². The number of rotatable bonds is 6. The minimum atomic E-state index is -1.21. The van der Waals surface area contributed by atoms with Crippen molar-refractivity contribution in [2.45, 2.75) is 26.7 Å². The van der Waals surface area contributed by atoms with Crippen LogP contribution in [0.4, 0.5) is 0 Å². The van der Waals surface area contributed by atoms with Gasteiger partial charge in [0, 0.05) is 12.8 Å². The van der Waals surface area contributed by atoms with Gasteiger partial charge in [-0.2, -0.15) is 0 Å². The van der Waals surface area contributed by atoms with Gasteiger partial charge in [-0.05, 0) is 25.0 Å². The third kappa shape index (κ3) is 6.68. The maximum atomic E-state index is 11.6. The lowest BCUT2D eigenvalue weighted by Crippen LogP contribution is -2.18. The van der Waals surface area contributed by atoms with Gasteiger partial charge in [0.2, 0.25) is 0 Å². The van der Waals surface area contributed by atoms with E-state index in [9.17, 15) is 9.59 Å². The number of oxime groups is 2. The Morgan fingerprint density at radius 1 is 0.692 bits per heavy atom. The smallest absolute Gasteiger partial charge is 0.306 e. The summed E-state index contributed by atoms with van der Waals surface area (Å²) in [6.07, 6.45) is 1.02. The average Bonchev–Trinajstić information content (AvgIpc) is 2.65. The summed E-state index contributed by atoms with van der Waals surface area (Å²) in [6, 6.07) is 19.2. The molecule has 0 atom stereocenters. The van der Waals surface area contributed by atoms with Gasteiger partial charge in [0.1, 0.15) is 0 Å². The number of nitrogens with zero attached hydrogens (tertiary/aromatic N) is 2. The molecule has 0 saturated carbocycles. The monoisotopic (exact) mass is 352 g/mol. The Labute approximate surface area is 152 Å². The van der Waals surface area contributed by atoms with E-state index in [1.54, 1.807) is 13.8 Å². The van der Waals surface area contributed by atoms with Crippen molar-refractivity contribution in [1.29, 1.82) is 0 Å². The molecular formula is C20H20N2O4. The SMILES string of the molecule is C/C(Cc1ccccc1)=N\OC(=O)C(=O)O/N=C(\C)Cc1ccccc1. The molecule has 0 aliphatic rings. The number of benzene rings is 2. The van der Waals surface area contributed by atoms with Crippen LogP contribution < -0.4 is 0 Å². The van der Waals surface area contributed by atoms with Crippen molar-refractivity contribution in [3.8, 4) is 0 Å². The molecule has 0 fully saturated rings. The molecule has 134 valence electrons. The summed E-state index contributed by atoms with van der Waals surface area (Å²) in [4.78, 5) is 32.4. The lowest BCUT2D eigenvalue weighted by atomic mass is 10.1. The lowest BCUT2D eigenvalue weighted by molar-refractivity contribution is -0.167. The maximum absolute atomic E-state index is 11.6. The summed E-state index contributed by atoms with van der Waals surface area (Å²) in [5.74, 6) is -2.43. The number of carbonyl (C=O) groups is 2. The molecule has 2 aromatic rings. The molecule has 0 aromatic heterocycles. The van der Waals surface area contributed by atoms with Crippen LogP contribution in [0.2, 0.25) is 0 Å². The zero-order chi connectivity index (χ0) is 18.8. The molecule has 0 heterocycles. The molecule has 26 heavy (non-hydrogen) atoms. The fourth-order valence-electron chi connectivity index (χ4n) is 2.16. The van der Waals surface area contributed by atoms with E-state index in [4.69, 9.17) is 0 Å². The van der Waals surface area contributed by atoms with Crippen LogP contribution in [0.3, 0.4) is 0 Å². The number of hydrogen-bond acceptors (Lipinski definition) is 6. The van der Waals surface area contributed by atoms with Crippen molar-refractivity contribution in [1.82, 2.24) is 0 Å². The molecule has 0 aliphatic heterocycles. The second kappa shape index (κ2) is 9.88. The molecule has 0 saturated heterocycles. The van der Waals surface area contributed by atoms with Gasteiger partial charge in [-0.25, -0.2) is 9.59 Å². The van der Waals surface area contributed by atoms with Crippen LogP contribution in [-0.4, -0.2) is 23.4 Å². The fraction of sp³-hybridized carbons (Fsp3) is 0.200. The average molecular weight is 352 g/mol. The van der Waals surface area contributed by atoms with E-state index in [1.165, 1.54) is 0 Å². The van der Waals surface area contributed by atoms with Crippen LogP contribution in [-0.2, 0) is 32.1 Å². The molecule has 6 heteroatoms. The third-order valence-electron chi connectivity index (χ3n) is 3.34. The van der Waals surface area contributed by atoms with E-state index in [2.05, 4.69) is 20.0 Å². The fourth-order valence-corrected chi connectivity index (χ4v) is 2.16. The quantitative estimate of drug-likeness (QED) is 0.346. The van der Waals surface area contributed by atoms with Crippen molar-refractivity contribution in [3.05, 3.63) is 71.8 Å². The topological polar surface area (TPSA) is 77.3 Å². The van der Waals surface area contributed by atoms with E-state index >= 15 is 0 Å². The first kappa shape index (κ1) is 19.1.